The summed E-state index contributed by atoms with van der Waals surface area (Å²) in [6, 6.07) is 88.5. The second-order valence-corrected chi connectivity index (χ2v) is 45.0. The lowest BCUT2D eigenvalue weighted by atomic mass is 9.96. The molecule has 1 aliphatic carbocycles. The molecular weight excluding hydrogens is 1650 g/mol. The third-order valence-electron chi connectivity index (χ3n) is 24.0. The van der Waals surface area contributed by atoms with Crippen LogP contribution in [-0.4, -0.2) is 167 Å². The van der Waals surface area contributed by atoms with Crippen molar-refractivity contribution in [2.24, 2.45) is 0 Å². The zero-order valence-electron chi connectivity index (χ0n) is 75.7. The van der Waals surface area contributed by atoms with Gasteiger partial charge < -0.3 is 90.5 Å². The Hall–Kier alpha value is -10.4. The monoisotopic (exact) mass is 1770 g/mol. The largest absolute Gasteiger partial charge is 0.497 e. The molecule has 3 aliphatic heterocycles. The van der Waals surface area contributed by atoms with Crippen LogP contribution in [0.1, 0.15) is 128 Å². The maximum Gasteiger partial charge on any atom is 0.407 e. The van der Waals surface area contributed by atoms with E-state index in [-0.39, 0.29) is 71.6 Å². The smallest absolute Gasteiger partial charge is 0.407 e. The molecule has 0 radical (unpaired) electrons. The lowest BCUT2D eigenvalue weighted by molar-refractivity contribution is -0.373. The zero-order chi connectivity index (χ0) is 90.2. The van der Waals surface area contributed by atoms with Crippen LogP contribution in [0, 0.1) is 0 Å². The Morgan fingerprint density at radius 3 is 1.27 bits per heavy atom. The molecule has 0 spiro atoms. The predicted octanol–water partition coefficient (Wildman–Crippen LogP) is 16.6. The molecule has 3 saturated heterocycles. The Balaban J connectivity index is 0.904. The highest BCUT2D eigenvalue weighted by Gasteiger charge is 2.61. The van der Waals surface area contributed by atoms with Crippen LogP contribution in [0.5, 0.6) is 17.2 Å². The Bertz CT molecular complexity index is 5070. The normalized spacial score (nSPS) is 20.9. The van der Waals surface area contributed by atoms with Crippen molar-refractivity contribution in [3.8, 4) is 28.4 Å². The summed E-state index contributed by atoms with van der Waals surface area (Å²) in [4.78, 5) is 44.2. The first-order valence-corrected chi connectivity index (χ1v) is 47.9. The average Bonchev–Trinajstić information content (AvgIpc) is 1.59. The molecule has 10 aromatic rings. The van der Waals surface area contributed by atoms with Gasteiger partial charge in [-0.2, -0.15) is 0 Å². The standard InChI is InChI=1S/C104H122N2O20Si2/c1-101(2,3)126-99(108)105-62-77(60-61-87(96(107)116-66-70-34-20-15-21-35-70)106-100(109)117-67-86-84-46-32-30-44-82(84)83-45-31-33-47-85(83)86)120-98-95(93-91(124-104(10,11)125-93)89(122-98)69-119-128(103(7,8)9,80-40-26-18-27-41-80)81-42-28-19-29-43-81)123-97-94(115-65-73-52-58-76(112-14)59-53-73)92(114-64-72-50-56-75(111-13)57-51-72)90(113-63-71-48-54-74(110-12)55-49-71)88(121-97)68-118-127(102(4,5)6,78-36-22-16-23-37-78)79-38-24-17-25-39-79/h15-59,77,86-95,97-98H,60-69H2,1-14H3,(H,105,108)(H,106,109)/t77-,87+,88-,89-,90-,91+,92+,93+,94-,95-,97-,98-/m1/s1. The van der Waals surface area contributed by atoms with Gasteiger partial charge in [0, 0.05) is 12.5 Å². The lowest BCUT2D eigenvalue weighted by Gasteiger charge is -2.50. The number of carbonyl (C=O) groups excluding carboxylic acids is 3. The van der Waals surface area contributed by atoms with Crippen molar-refractivity contribution in [1.29, 1.82) is 0 Å². The maximum absolute atomic E-state index is 15.1. The van der Waals surface area contributed by atoms with Gasteiger partial charge in [0.15, 0.2) is 18.4 Å². The van der Waals surface area contributed by atoms with Crippen LogP contribution in [0.15, 0.2) is 273 Å². The van der Waals surface area contributed by atoms with Gasteiger partial charge in [-0.3, -0.25) is 0 Å². The average molecular weight is 1780 g/mol. The number of fused-ring (bicyclic) bond motifs is 4. The Kier molecular flexibility index (Phi) is 30.8. The molecule has 2 N–H and O–H groups in total. The number of rotatable bonds is 37. The summed E-state index contributed by atoms with van der Waals surface area (Å²) in [5, 5.41) is 9.02. The van der Waals surface area contributed by atoms with Gasteiger partial charge in [0.1, 0.15) is 90.9 Å². The second-order valence-electron chi connectivity index (χ2n) is 36.4. The first-order chi connectivity index (χ1) is 61.6. The molecule has 676 valence electrons. The first-order valence-electron chi connectivity index (χ1n) is 44.1. The molecule has 3 heterocycles. The molecule has 0 unspecified atom stereocenters. The van der Waals surface area contributed by atoms with Gasteiger partial charge in [-0.15, -0.1) is 0 Å². The molecule has 2 amide bonds. The molecule has 0 aromatic heterocycles. The number of alkyl carbamates (subject to hydrolysis) is 2. The number of esters is 1. The van der Waals surface area contributed by atoms with Crippen LogP contribution in [0.2, 0.25) is 10.1 Å². The van der Waals surface area contributed by atoms with Gasteiger partial charge in [-0.1, -0.05) is 278 Å². The topological polar surface area (TPSA) is 232 Å². The van der Waals surface area contributed by atoms with E-state index in [2.05, 4.69) is 113 Å². The van der Waals surface area contributed by atoms with E-state index in [1.807, 2.05) is 226 Å². The van der Waals surface area contributed by atoms with Crippen molar-refractivity contribution in [1.82, 2.24) is 10.6 Å². The lowest BCUT2D eigenvalue weighted by Crippen LogP contribution is -2.69. The van der Waals surface area contributed by atoms with Crippen molar-refractivity contribution in [3.63, 3.8) is 0 Å². The Morgan fingerprint density at radius 1 is 0.414 bits per heavy atom. The van der Waals surface area contributed by atoms with Crippen LogP contribution in [-0.2, 0) is 96.9 Å². The van der Waals surface area contributed by atoms with E-state index in [0.29, 0.717) is 17.2 Å². The minimum absolute atomic E-state index is 0.00636. The van der Waals surface area contributed by atoms with Gasteiger partial charge in [-0.05, 0) is 159 Å². The van der Waals surface area contributed by atoms with Gasteiger partial charge >= 0.3 is 18.2 Å². The molecule has 128 heavy (non-hydrogen) atoms. The predicted molar refractivity (Wildman–Crippen MR) is 494 cm³/mol. The van der Waals surface area contributed by atoms with Crippen LogP contribution in [0.4, 0.5) is 9.59 Å². The highest BCUT2D eigenvalue weighted by atomic mass is 28.4. The van der Waals surface area contributed by atoms with Crippen molar-refractivity contribution in [2.45, 2.75) is 216 Å². The SMILES string of the molecule is COc1ccc(CO[C@@H]2[C@@H](OCc3ccc(OC)cc3)[C@@H](O[C@H]3[C@H](O[C@H](CC[C@H](NC(=O)OCC4c5ccccc5-c5ccccc54)C(=O)OCc4ccccc4)CNC(=O)OC(C)(C)C)O[C@H](CO[Si](c4ccccc4)(c4ccccc4)C(C)(C)C)[C@@H]4OC(C)(C)O[C@@H]43)O[C@H](CO[Si](c3ccccc3)(c3ccccc3)C(C)(C)C)[C@H]2OCc2ccc(OC)cc2)cc1. The number of hydrogen-bond donors (Lipinski definition) is 2. The van der Waals surface area contributed by atoms with E-state index in [4.69, 9.17) is 79.9 Å². The van der Waals surface area contributed by atoms with Crippen LogP contribution in [0.3, 0.4) is 0 Å². The fourth-order valence-corrected chi connectivity index (χ4v) is 27.0. The summed E-state index contributed by atoms with van der Waals surface area (Å²) in [7, 11) is -1.97. The third kappa shape index (κ3) is 22.5. The van der Waals surface area contributed by atoms with Gasteiger partial charge in [0.05, 0.1) is 60.5 Å². The number of ether oxygens (including phenoxy) is 15. The van der Waals surface area contributed by atoms with Gasteiger partial charge in [0.25, 0.3) is 16.6 Å². The maximum atomic E-state index is 15.1. The van der Waals surface area contributed by atoms with Crippen molar-refractivity contribution in [2.75, 3.05) is 47.7 Å². The summed E-state index contributed by atoms with van der Waals surface area (Å²) in [5.41, 5.74) is 6.33. The minimum Gasteiger partial charge on any atom is -0.497 e. The summed E-state index contributed by atoms with van der Waals surface area (Å²) < 4.78 is 119. The zero-order valence-corrected chi connectivity index (χ0v) is 77.7. The number of nitrogens with one attached hydrogen (secondary N) is 2. The van der Waals surface area contributed by atoms with Gasteiger partial charge in [-0.25, -0.2) is 14.4 Å². The summed E-state index contributed by atoms with van der Waals surface area (Å²) in [6.07, 6.45) is -14.7. The van der Waals surface area contributed by atoms with Crippen molar-refractivity contribution in [3.05, 3.63) is 306 Å². The minimum atomic E-state index is -3.44. The third-order valence-corrected chi connectivity index (χ3v) is 34.0. The van der Waals surface area contributed by atoms with Crippen molar-refractivity contribution >= 4 is 55.5 Å². The van der Waals surface area contributed by atoms with Gasteiger partial charge in [0.2, 0.25) is 0 Å². The fourth-order valence-electron chi connectivity index (χ4n) is 17.9. The van der Waals surface area contributed by atoms with Crippen LogP contribution >= 0.6 is 0 Å². The summed E-state index contributed by atoms with van der Waals surface area (Å²) in [5.74, 6) is -0.395. The Morgan fingerprint density at radius 2 is 0.820 bits per heavy atom. The summed E-state index contributed by atoms with van der Waals surface area (Å²) >= 11 is 0. The number of benzene rings is 10. The quantitative estimate of drug-likeness (QED) is 0.0209. The number of amides is 2. The molecule has 24 heteroatoms. The highest BCUT2D eigenvalue weighted by molar-refractivity contribution is 7.00. The summed E-state index contributed by atoms with van der Waals surface area (Å²) in [6.45, 7) is 21.9. The van der Waals surface area contributed by atoms with E-state index in [0.717, 1.165) is 65.3 Å². The van der Waals surface area contributed by atoms with E-state index < -0.39 is 130 Å². The van der Waals surface area contributed by atoms with E-state index >= 15 is 4.79 Å². The van der Waals surface area contributed by atoms with Crippen LogP contribution < -0.4 is 45.6 Å². The molecule has 3 fully saturated rings. The highest BCUT2D eigenvalue weighted by Crippen LogP contribution is 2.47. The Labute approximate surface area is 755 Å². The van der Waals surface area contributed by atoms with E-state index in [1.165, 1.54) is 0 Å². The molecule has 4 aliphatic rings. The second kappa shape index (κ2) is 42.0. The van der Waals surface area contributed by atoms with E-state index in [9.17, 15) is 9.59 Å². The molecule has 10 aromatic carbocycles. The molecule has 22 nitrogen and oxygen atoms in total. The van der Waals surface area contributed by atoms with Crippen molar-refractivity contribution < 1.29 is 94.3 Å². The molecule has 0 bridgehead atoms. The van der Waals surface area contributed by atoms with Crippen LogP contribution in [0.25, 0.3) is 11.1 Å². The first kappa shape index (κ1) is 93.7. The molecular formula is C104H122N2O20Si2. The molecule has 0 saturated carbocycles. The number of methoxy groups -OCH3 is 3. The van der Waals surface area contributed by atoms with E-state index in [1.54, 1.807) is 42.1 Å². The molecule has 14 rings (SSSR count). The number of carbonyl (C=O) groups is 3. The number of hydrogen-bond acceptors (Lipinski definition) is 20. The molecule has 12 atom stereocenters. The fraction of sp³-hybridized carbons (Fsp3) is 0.394.